The summed E-state index contributed by atoms with van der Waals surface area (Å²) < 4.78 is 14.8. The maximum Gasteiger partial charge on any atom is 0.254 e. The molecule has 2 aliphatic rings. The van der Waals surface area contributed by atoms with Crippen LogP contribution in [0.25, 0.3) is 5.57 Å². The normalized spacial score (nSPS) is 23.6. The third-order valence-electron chi connectivity index (χ3n) is 4.64. The molecule has 1 amide bonds. The molecule has 1 saturated carbocycles. The number of amides is 1. The zero-order chi connectivity index (χ0) is 17.3. The van der Waals surface area contributed by atoms with Crippen molar-refractivity contribution in [1.82, 2.24) is 10.3 Å². The lowest BCUT2D eigenvalue weighted by Crippen LogP contribution is -2.43. The third-order valence-corrected chi connectivity index (χ3v) is 4.64. The van der Waals surface area contributed by atoms with Crippen LogP contribution in [-0.2, 0) is 6.54 Å². The minimum absolute atomic E-state index is 0.0591. The average molecular weight is 332 g/mol. The van der Waals surface area contributed by atoms with E-state index in [4.69, 9.17) is 16.9 Å². The van der Waals surface area contributed by atoms with Crippen LogP contribution in [0.15, 0.2) is 6.20 Å². The van der Waals surface area contributed by atoms with Gasteiger partial charge in [-0.15, -0.1) is 0 Å². The molecule has 1 aromatic rings. The molecule has 1 aliphatic carbocycles. The first-order chi connectivity index (χ1) is 11.6. The Morgan fingerprint density at radius 3 is 2.83 bits per heavy atom. The SMILES string of the molecule is N=C/C(=C\N)c1nc(N[C@@H]2CCCC[C@@H]2N)c(F)c2c1C(=O)NC2. The fourth-order valence-corrected chi connectivity index (χ4v) is 3.29. The lowest BCUT2D eigenvalue weighted by atomic mass is 9.91. The van der Waals surface area contributed by atoms with Crippen LogP contribution in [0.5, 0.6) is 0 Å². The van der Waals surface area contributed by atoms with Gasteiger partial charge in [0.05, 0.1) is 11.3 Å². The number of carbonyl (C=O) groups is 1. The summed E-state index contributed by atoms with van der Waals surface area (Å²) in [4.78, 5) is 16.3. The highest BCUT2D eigenvalue weighted by Crippen LogP contribution is 2.31. The fourth-order valence-electron chi connectivity index (χ4n) is 3.29. The molecule has 0 radical (unpaired) electrons. The highest BCUT2D eigenvalue weighted by Gasteiger charge is 2.32. The maximum absolute atomic E-state index is 14.8. The maximum atomic E-state index is 14.8. The molecule has 1 aliphatic heterocycles. The van der Waals surface area contributed by atoms with E-state index in [0.29, 0.717) is 0 Å². The third kappa shape index (κ3) is 2.73. The van der Waals surface area contributed by atoms with Gasteiger partial charge in [0, 0.05) is 42.2 Å². The van der Waals surface area contributed by atoms with Gasteiger partial charge in [-0.2, -0.15) is 0 Å². The van der Waals surface area contributed by atoms with Crippen LogP contribution in [0.3, 0.4) is 0 Å². The standard InChI is InChI=1S/C16H21FN6O/c17-13-9-7-21-16(24)12(9)14(8(5-18)6-19)23-15(13)22-11-4-2-1-3-10(11)20/h5-6,10-11,18H,1-4,7,19-20H2,(H,21,24)(H,22,23)/b8-6+,18-5?/t10-,11+/m0/s1. The molecule has 0 unspecified atom stereocenters. The molecule has 3 rings (SSSR count). The molecule has 24 heavy (non-hydrogen) atoms. The molecule has 0 bridgehead atoms. The van der Waals surface area contributed by atoms with Crippen LogP contribution in [-0.4, -0.2) is 29.2 Å². The van der Waals surface area contributed by atoms with Gasteiger partial charge in [-0.05, 0) is 12.8 Å². The summed E-state index contributed by atoms with van der Waals surface area (Å²) in [5.41, 5.74) is 12.5. The lowest BCUT2D eigenvalue weighted by molar-refractivity contribution is 0.0965. The lowest BCUT2D eigenvalue weighted by Gasteiger charge is -2.30. The van der Waals surface area contributed by atoms with Crippen LogP contribution in [0.2, 0.25) is 0 Å². The number of rotatable bonds is 4. The molecule has 1 aromatic heterocycles. The van der Waals surface area contributed by atoms with Crippen LogP contribution in [0, 0.1) is 11.2 Å². The van der Waals surface area contributed by atoms with Gasteiger partial charge in [0.1, 0.15) is 0 Å². The molecular weight excluding hydrogens is 311 g/mol. The van der Waals surface area contributed by atoms with Crippen LogP contribution in [0.4, 0.5) is 10.2 Å². The van der Waals surface area contributed by atoms with Gasteiger partial charge in [0.15, 0.2) is 11.6 Å². The second-order valence-corrected chi connectivity index (χ2v) is 6.12. The number of anilines is 1. The zero-order valence-corrected chi connectivity index (χ0v) is 13.2. The van der Waals surface area contributed by atoms with Crippen molar-refractivity contribution >= 4 is 23.5 Å². The Labute approximate surface area is 139 Å². The van der Waals surface area contributed by atoms with E-state index in [1.54, 1.807) is 0 Å². The van der Waals surface area contributed by atoms with Gasteiger partial charge in [-0.25, -0.2) is 9.37 Å². The largest absolute Gasteiger partial charge is 0.404 e. The first-order valence-corrected chi connectivity index (χ1v) is 8.02. The number of aromatic nitrogens is 1. The monoisotopic (exact) mass is 332 g/mol. The summed E-state index contributed by atoms with van der Waals surface area (Å²) in [5, 5.41) is 13.1. The smallest absolute Gasteiger partial charge is 0.254 e. The quantitative estimate of drug-likeness (QED) is 0.527. The van der Waals surface area contributed by atoms with Gasteiger partial charge < -0.3 is 27.5 Å². The van der Waals surface area contributed by atoms with Crippen molar-refractivity contribution in [3.05, 3.63) is 28.8 Å². The molecule has 0 saturated heterocycles. The molecule has 128 valence electrons. The van der Waals surface area contributed by atoms with Crippen LogP contribution < -0.4 is 22.1 Å². The van der Waals surface area contributed by atoms with E-state index in [-0.39, 0.29) is 46.8 Å². The van der Waals surface area contributed by atoms with E-state index in [2.05, 4.69) is 15.6 Å². The van der Waals surface area contributed by atoms with Crippen molar-refractivity contribution in [2.24, 2.45) is 11.5 Å². The summed E-state index contributed by atoms with van der Waals surface area (Å²) in [5.74, 6) is -0.899. The van der Waals surface area contributed by atoms with Crippen molar-refractivity contribution in [1.29, 1.82) is 5.41 Å². The number of pyridine rings is 1. The fraction of sp³-hybridized carbons (Fsp3) is 0.438. The number of fused-ring (bicyclic) bond motifs is 1. The zero-order valence-electron chi connectivity index (χ0n) is 13.2. The number of carbonyl (C=O) groups excluding carboxylic acids is 1. The molecule has 0 aromatic carbocycles. The van der Waals surface area contributed by atoms with Crippen LogP contribution in [0.1, 0.15) is 47.3 Å². The Morgan fingerprint density at radius 2 is 2.17 bits per heavy atom. The van der Waals surface area contributed by atoms with E-state index in [0.717, 1.165) is 31.9 Å². The highest BCUT2D eigenvalue weighted by atomic mass is 19.1. The molecule has 1 fully saturated rings. The first kappa shape index (κ1) is 16.4. The number of nitrogens with zero attached hydrogens (tertiary/aromatic N) is 1. The summed E-state index contributed by atoms with van der Waals surface area (Å²) in [6, 6.07) is -0.134. The Balaban J connectivity index is 2.06. The van der Waals surface area contributed by atoms with E-state index >= 15 is 0 Å². The molecule has 2 heterocycles. The Kier molecular flexibility index (Phi) is 4.48. The number of nitrogens with one attached hydrogen (secondary N) is 3. The predicted octanol–water partition coefficient (Wildman–Crippen LogP) is 1.10. The van der Waals surface area contributed by atoms with Crippen molar-refractivity contribution in [2.75, 3.05) is 5.32 Å². The van der Waals surface area contributed by atoms with Crippen LogP contribution >= 0.6 is 0 Å². The van der Waals surface area contributed by atoms with E-state index in [1.165, 1.54) is 6.20 Å². The van der Waals surface area contributed by atoms with Gasteiger partial charge in [0.25, 0.3) is 5.91 Å². The molecule has 8 heteroatoms. The Morgan fingerprint density at radius 1 is 1.42 bits per heavy atom. The van der Waals surface area contributed by atoms with Crippen molar-refractivity contribution in [2.45, 2.75) is 44.3 Å². The number of hydrogen-bond acceptors (Lipinski definition) is 6. The summed E-state index contributed by atoms with van der Waals surface area (Å²) in [7, 11) is 0. The Bertz CT molecular complexity index is 717. The molecule has 7 N–H and O–H groups in total. The summed E-state index contributed by atoms with van der Waals surface area (Å²) >= 11 is 0. The van der Waals surface area contributed by atoms with Crippen molar-refractivity contribution < 1.29 is 9.18 Å². The van der Waals surface area contributed by atoms with Crippen molar-refractivity contribution in [3.8, 4) is 0 Å². The topological polar surface area (TPSA) is 130 Å². The highest BCUT2D eigenvalue weighted by molar-refractivity contribution is 6.13. The molecule has 7 nitrogen and oxygen atoms in total. The van der Waals surface area contributed by atoms with E-state index < -0.39 is 11.7 Å². The van der Waals surface area contributed by atoms with Crippen molar-refractivity contribution in [3.63, 3.8) is 0 Å². The predicted molar refractivity (Wildman–Crippen MR) is 90.2 cm³/mol. The minimum atomic E-state index is -0.550. The molecule has 2 atom stereocenters. The summed E-state index contributed by atoms with van der Waals surface area (Å²) in [6.07, 6.45) is 6.01. The second kappa shape index (κ2) is 6.56. The van der Waals surface area contributed by atoms with Gasteiger partial charge in [-0.3, -0.25) is 4.79 Å². The molecule has 0 spiro atoms. The van der Waals surface area contributed by atoms with Gasteiger partial charge >= 0.3 is 0 Å². The second-order valence-electron chi connectivity index (χ2n) is 6.12. The molecular formula is C16H21FN6O. The number of hydrogen-bond donors (Lipinski definition) is 5. The number of halogens is 1. The number of nitrogens with two attached hydrogens (primary N) is 2. The number of allylic oxidation sites excluding steroid dienone is 1. The summed E-state index contributed by atoms with van der Waals surface area (Å²) in [6.45, 7) is 0.0940. The average Bonchev–Trinajstić information content (AvgIpc) is 2.97. The minimum Gasteiger partial charge on any atom is -0.404 e. The van der Waals surface area contributed by atoms with Gasteiger partial charge in [0.2, 0.25) is 0 Å². The van der Waals surface area contributed by atoms with Gasteiger partial charge in [-0.1, -0.05) is 12.8 Å². The Hall–Kier alpha value is -2.48. The van der Waals surface area contributed by atoms with E-state index in [1.807, 2.05) is 0 Å². The first-order valence-electron chi connectivity index (χ1n) is 8.02. The van der Waals surface area contributed by atoms with E-state index in [9.17, 15) is 9.18 Å².